The number of oxazole rings is 1. The van der Waals surface area contributed by atoms with E-state index in [1.165, 1.54) is 43.8 Å². The maximum Gasteiger partial charge on any atom is 0.251 e. The third kappa shape index (κ3) is 5.07. The number of nitrogens with zero attached hydrogens (tertiary/aromatic N) is 2. The van der Waals surface area contributed by atoms with Crippen molar-refractivity contribution < 1.29 is 33.0 Å². The van der Waals surface area contributed by atoms with Crippen LogP contribution < -0.4 is 20.5 Å². The van der Waals surface area contributed by atoms with E-state index in [1.54, 1.807) is 31.2 Å². The Morgan fingerprint density at radius 3 is 2.64 bits per heavy atom. The Kier molecular flexibility index (Phi) is 6.69. The quantitative estimate of drug-likeness (QED) is 0.274. The van der Waals surface area contributed by atoms with E-state index >= 15 is 0 Å². The van der Waals surface area contributed by atoms with Crippen molar-refractivity contribution in [1.82, 2.24) is 15.3 Å². The Bertz CT molecular complexity index is 1670. The summed E-state index contributed by atoms with van der Waals surface area (Å²) < 4.78 is 30.7. The zero-order valence-corrected chi connectivity index (χ0v) is 23.0. The molecular formula is C31H29FN4O6. The normalized spacial score (nSPS) is 19.0. The van der Waals surface area contributed by atoms with Gasteiger partial charge in [-0.1, -0.05) is 0 Å². The lowest BCUT2D eigenvalue weighted by atomic mass is 9.82. The first-order valence-corrected chi connectivity index (χ1v) is 13.5. The van der Waals surface area contributed by atoms with Crippen molar-refractivity contribution in [3.8, 4) is 34.0 Å². The fourth-order valence-corrected chi connectivity index (χ4v) is 4.80. The van der Waals surface area contributed by atoms with Gasteiger partial charge in [0, 0.05) is 22.3 Å². The average Bonchev–Trinajstić information content (AvgIpc) is 3.48. The van der Waals surface area contributed by atoms with Crippen LogP contribution in [0.25, 0.3) is 22.5 Å². The van der Waals surface area contributed by atoms with Crippen LogP contribution in [0, 0.1) is 5.82 Å². The largest absolute Gasteiger partial charge is 0.490 e. The molecular weight excluding hydrogens is 543 g/mol. The molecule has 2 aromatic carbocycles. The average molecular weight is 573 g/mol. The van der Waals surface area contributed by atoms with E-state index in [-0.39, 0.29) is 24.9 Å². The molecule has 216 valence electrons. The van der Waals surface area contributed by atoms with Gasteiger partial charge in [0.05, 0.1) is 18.3 Å². The number of pyridine rings is 1. The van der Waals surface area contributed by atoms with E-state index < -0.39 is 28.6 Å². The van der Waals surface area contributed by atoms with Crippen LogP contribution in [0.4, 0.5) is 4.39 Å². The molecule has 1 aliphatic heterocycles. The first-order valence-electron chi connectivity index (χ1n) is 13.5. The second-order valence-corrected chi connectivity index (χ2v) is 11.1. The van der Waals surface area contributed by atoms with Gasteiger partial charge in [0.2, 0.25) is 5.91 Å². The minimum absolute atomic E-state index is 0.00846. The van der Waals surface area contributed by atoms with Gasteiger partial charge in [-0.05, 0) is 75.2 Å². The minimum atomic E-state index is -1.67. The van der Waals surface area contributed by atoms with Crippen molar-refractivity contribution >= 4 is 11.8 Å². The van der Waals surface area contributed by atoms with Gasteiger partial charge in [0.25, 0.3) is 5.91 Å². The van der Waals surface area contributed by atoms with Crippen molar-refractivity contribution in [1.29, 1.82) is 0 Å². The second kappa shape index (κ2) is 10.3. The number of hydrogen-bond acceptors (Lipinski definition) is 8. The number of fused-ring (bicyclic) bond motifs is 1. The van der Waals surface area contributed by atoms with Gasteiger partial charge in [-0.3, -0.25) is 9.59 Å². The lowest BCUT2D eigenvalue weighted by Gasteiger charge is -2.26. The van der Waals surface area contributed by atoms with Crippen LogP contribution in [-0.4, -0.2) is 46.1 Å². The third-order valence-corrected chi connectivity index (χ3v) is 7.65. The number of benzene rings is 2. The molecule has 11 heteroatoms. The maximum absolute atomic E-state index is 13.7. The first-order chi connectivity index (χ1) is 20.0. The standard InChI is InChI=1S/C31H29FN4O6/c1-30(29(33)38)15-41-27-22(30)12-25(36-26(27)17-3-6-19(32)7-4-17)31(2,39)14-34-28(37)18-5-10-21(23-13-40-16-35-23)24(11-18)42-20-8-9-20/h3-7,10-13,16,20,39H,8-9,14-15H2,1-2H3,(H2,33,38)(H,34,37)/t30-,31-/m0/s1. The number of nitrogens with two attached hydrogens (primary N) is 1. The fraction of sp³-hybridized carbons (Fsp3) is 0.290. The molecule has 0 unspecified atom stereocenters. The van der Waals surface area contributed by atoms with Crippen molar-refractivity contribution in [3.63, 3.8) is 0 Å². The van der Waals surface area contributed by atoms with Crippen molar-refractivity contribution in [2.45, 2.75) is 43.8 Å². The number of aromatic nitrogens is 2. The molecule has 0 saturated heterocycles. The molecule has 0 radical (unpaired) electrons. The number of hydrogen-bond donors (Lipinski definition) is 3. The van der Waals surface area contributed by atoms with E-state index in [0.717, 1.165) is 12.8 Å². The number of aliphatic hydroxyl groups is 1. The van der Waals surface area contributed by atoms with E-state index in [4.69, 9.17) is 19.6 Å². The number of halogens is 1. The van der Waals surface area contributed by atoms with Crippen LogP contribution in [0.2, 0.25) is 0 Å². The van der Waals surface area contributed by atoms with E-state index in [9.17, 15) is 19.1 Å². The van der Waals surface area contributed by atoms with Crippen molar-refractivity contribution in [3.05, 3.63) is 83.8 Å². The molecule has 2 aromatic heterocycles. The summed E-state index contributed by atoms with van der Waals surface area (Å²) in [5, 5.41) is 14.3. The van der Waals surface area contributed by atoms with Gasteiger partial charge in [0.1, 0.15) is 52.6 Å². The lowest BCUT2D eigenvalue weighted by molar-refractivity contribution is -0.123. The van der Waals surface area contributed by atoms with Crippen molar-refractivity contribution in [2.75, 3.05) is 13.2 Å². The molecule has 42 heavy (non-hydrogen) atoms. The predicted molar refractivity (Wildman–Crippen MR) is 149 cm³/mol. The summed E-state index contributed by atoms with van der Waals surface area (Å²) in [6.45, 7) is 2.94. The molecule has 6 rings (SSSR count). The Balaban J connectivity index is 1.29. The molecule has 10 nitrogen and oxygen atoms in total. The number of carbonyl (C=O) groups is 2. The van der Waals surface area contributed by atoms with Crippen LogP contribution in [-0.2, 0) is 15.8 Å². The molecule has 2 amide bonds. The Hall–Kier alpha value is -4.77. The number of carbonyl (C=O) groups excluding carboxylic acids is 2. The summed E-state index contributed by atoms with van der Waals surface area (Å²) in [5.74, 6) is -0.617. The fourth-order valence-electron chi connectivity index (χ4n) is 4.80. The summed E-state index contributed by atoms with van der Waals surface area (Å²) in [4.78, 5) is 34.5. The lowest BCUT2D eigenvalue weighted by Crippen LogP contribution is -2.41. The van der Waals surface area contributed by atoms with Crippen LogP contribution in [0.3, 0.4) is 0 Å². The first kappa shape index (κ1) is 27.4. The summed E-state index contributed by atoms with van der Waals surface area (Å²) in [6.07, 6.45) is 4.79. The predicted octanol–water partition coefficient (Wildman–Crippen LogP) is 3.86. The van der Waals surface area contributed by atoms with E-state index in [1.807, 2.05) is 0 Å². The molecule has 0 spiro atoms. The van der Waals surface area contributed by atoms with Gasteiger partial charge in [0.15, 0.2) is 6.39 Å². The highest BCUT2D eigenvalue weighted by Crippen LogP contribution is 2.45. The SMILES string of the molecule is C[C@](O)(CNC(=O)c1ccc(-c2cocn2)c(OC2CC2)c1)c1cc2c(c(-c3ccc(F)cc3)n1)OC[C@]2(C)C(N)=O. The zero-order chi connectivity index (χ0) is 29.6. The zero-order valence-electron chi connectivity index (χ0n) is 23.0. The smallest absolute Gasteiger partial charge is 0.251 e. The van der Waals surface area contributed by atoms with Gasteiger partial charge in [-0.25, -0.2) is 14.4 Å². The molecule has 3 heterocycles. The molecule has 1 saturated carbocycles. The van der Waals surface area contributed by atoms with Crippen LogP contribution in [0.5, 0.6) is 11.5 Å². The van der Waals surface area contributed by atoms with Crippen LogP contribution in [0.1, 0.15) is 48.3 Å². The molecule has 0 bridgehead atoms. The summed E-state index contributed by atoms with van der Waals surface area (Å²) >= 11 is 0. The second-order valence-electron chi connectivity index (χ2n) is 11.1. The third-order valence-electron chi connectivity index (χ3n) is 7.65. The van der Waals surface area contributed by atoms with Gasteiger partial charge in [-0.15, -0.1) is 0 Å². The highest BCUT2D eigenvalue weighted by Gasteiger charge is 2.45. The Morgan fingerprint density at radius 1 is 1.21 bits per heavy atom. The van der Waals surface area contributed by atoms with Crippen LogP contribution >= 0.6 is 0 Å². The van der Waals surface area contributed by atoms with Gasteiger partial charge >= 0.3 is 0 Å². The molecule has 2 atom stereocenters. The van der Waals surface area contributed by atoms with Gasteiger partial charge in [-0.2, -0.15) is 0 Å². The molecule has 2 aliphatic rings. The minimum Gasteiger partial charge on any atom is -0.490 e. The summed E-state index contributed by atoms with van der Waals surface area (Å²) in [5.41, 5.74) is 6.00. The monoisotopic (exact) mass is 572 g/mol. The highest BCUT2D eigenvalue weighted by atomic mass is 19.1. The number of rotatable bonds is 9. The molecule has 4 aromatic rings. The topological polar surface area (TPSA) is 150 Å². The number of ether oxygens (including phenoxy) is 2. The molecule has 4 N–H and O–H groups in total. The highest BCUT2D eigenvalue weighted by molar-refractivity contribution is 5.95. The summed E-state index contributed by atoms with van der Waals surface area (Å²) in [7, 11) is 0. The number of amides is 2. The van der Waals surface area contributed by atoms with E-state index in [0.29, 0.717) is 45.1 Å². The van der Waals surface area contributed by atoms with Crippen molar-refractivity contribution in [2.24, 2.45) is 5.73 Å². The Morgan fingerprint density at radius 2 is 1.98 bits per heavy atom. The number of primary amides is 1. The maximum atomic E-state index is 13.7. The van der Waals surface area contributed by atoms with Gasteiger partial charge < -0.3 is 30.0 Å². The van der Waals surface area contributed by atoms with E-state index in [2.05, 4.69) is 15.3 Å². The summed E-state index contributed by atoms with van der Waals surface area (Å²) in [6, 6.07) is 12.2. The molecule has 1 fully saturated rings. The van der Waals surface area contributed by atoms with Crippen LogP contribution in [0.15, 0.2) is 65.6 Å². The number of nitrogens with one attached hydrogen (secondary N) is 1. The Labute approximate surface area is 240 Å². The molecule has 1 aliphatic carbocycles.